The van der Waals surface area contributed by atoms with E-state index in [1.807, 2.05) is 13.8 Å². The lowest BCUT2D eigenvalue weighted by molar-refractivity contribution is -0.122. The SMILES string of the molecule is CC(C)NC(=O)CN(C)C(=O)c1ccc(C#CCN)cn1. The van der Waals surface area contributed by atoms with Crippen LogP contribution >= 0.6 is 0 Å². The van der Waals surface area contributed by atoms with Gasteiger partial charge in [0.2, 0.25) is 5.91 Å². The monoisotopic (exact) mass is 288 g/mol. The summed E-state index contributed by atoms with van der Waals surface area (Å²) in [7, 11) is 1.56. The van der Waals surface area contributed by atoms with Crippen LogP contribution in [0.15, 0.2) is 18.3 Å². The van der Waals surface area contributed by atoms with Gasteiger partial charge >= 0.3 is 0 Å². The van der Waals surface area contributed by atoms with Crippen molar-refractivity contribution in [3.63, 3.8) is 0 Å². The molecule has 0 saturated carbocycles. The molecule has 0 saturated heterocycles. The van der Waals surface area contributed by atoms with Gasteiger partial charge < -0.3 is 16.0 Å². The molecule has 0 aliphatic carbocycles. The lowest BCUT2D eigenvalue weighted by Crippen LogP contribution is -2.41. The van der Waals surface area contributed by atoms with Crippen LogP contribution < -0.4 is 11.1 Å². The van der Waals surface area contributed by atoms with E-state index < -0.39 is 0 Å². The molecule has 0 atom stereocenters. The van der Waals surface area contributed by atoms with E-state index >= 15 is 0 Å². The Morgan fingerprint density at radius 1 is 1.43 bits per heavy atom. The highest BCUT2D eigenvalue weighted by Crippen LogP contribution is 2.02. The van der Waals surface area contributed by atoms with E-state index in [2.05, 4.69) is 22.1 Å². The summed E-state index contributed by atoms with van der Waals surface area (Å²) >= 11 is 0. The van der Waals surface area contributed by atoms with Gasteiger partial charge in [-0.2, -0.15) is 0 Å². The van der Waals surface area contributed by atoms with Crippen LogP contribution in [0.3, 0.4) is 0 Å². The Morgan fingerprint density at radius 3 is 2.67 bits per heavy atom. The topological polar surface area (TPSA) is 88.3 Å². The van der Waals surface area contributed by atoms with Crippen molar-refractivity contribution in [1.82, 2.24) is 15.2 Å². The smallest absolute Gasteiger partial charge is 0.272 e. The Kier molecular flexibility index (Phi) is 6.37. The van der Waals surface area contributed by atoms with Crippen LogP contribution in [0, 0.1) is 11.8 Å². The zero-order valence-corrected chi connectivity index (χ0v) is 12.5. The summed E-state index contributed by atoms with van der Waals surface area (Å²) in [6.45, 7) is 3.99. The van der Waals surface area contributed by atoms with Gasteiger partial charge in [-0.05, 0) is 26.0 Å². The maximum atomic E-state index is 12.1. The fourth-order valence-corrected chi connectivity index (χ4v) is 1.60. The molecule has 6 heteroatoms. The van der Waals surface area contributed by atoms with Crippen LogP contribution in [0.25, 0.3) is 0 Å². The van der Waals surface area contributed by atoms with Crippen molar-refractivity contribution < 1.29 is 9.59 Å². The van der Waals surface area contributed by atoms with Gasteiger partial charge in [0.1, 0.15) is 5.69 Å². The van der Waals surface area contributed by atoms with Crippen molar-refractivity contribution in [3.05, 3.63) is 29.6 Å². The maximum absolute atomic E-state index is 12.1. The molecule has 1 heterocycles. The van der Waals surface area contributed by atoms with Crippen molar-refractivity contribution >= 4 is 11.8 Å². The number of carbonyl (C=O) groups excluding carboxylic acids is 2. The minimum Gasteiger partial charge on any atom is -0.352 e. The molecule has 112 valence electrons. The Morgan fingerprint density at radius 2 is 2.14 bits per heavy atom. The number of pyridine rings is 1. The van der Waals surface area contributed by atoms with Crippen molar-refractivity contribution in [2.45, 2.75) is 19.9 Å². The van der Waals surface area contributed by atoms with E-state index in [9.17, 15) is 9.59 Å². The summed E-state index contributed by atoms with van der Waals surface area (Å²) in [6.07, 6.45) is 1.51. The second-order valence-electron chi connectivity index (χ2n) is 4.82. The molecule has 0 bridgehead atoms. The standard InChI is InChI=1S/C15H20N4O2/c1-11(2)18-14(20)10-19(3)15(21)13-7-6-12(9-17-13)5-4-8-16/h6-7,9,11H,8,10,16H2,1-3H3,(H,18,20). The highest BCUT2D eigenvalue weighted by atomic mass is 16.2. The van der Waals surface area contributed by atoms with Gasteiger partial charge in [-0.1, -0.05) is 11.8 Å². The van der Waals surface area contributed by atoms with E-state index in [-0.39, 0.29) is 36.6 Å². The van der Waals surface area contributed by atoms with Gasteiger partial charge in [0.15, 0.2) is 0 Å². The number of nitrogens with two attached hydrogens (primary N) is 1. The predicted molar refractivity (Wildman–Crippen MR) is 80.4 cm³/mol. The third kappa shape index (κ3) is 5.63. The summed E-state index contributed by atoms with van der Waals surface area (Å²) in [4.78, 5) is 29.1. The molecule has 0 radical (unpaired) electrons. The van der Waals surface area contributed by atoms with Crippen LogP contribution in [-0.4, -0.2) is 47.9 Å². The first-order valence-electron chi connectivity index (χ1n) is 6.64. The molecular formula is C15H20N4O2. The van der Waals surface area contributed by atoms with Gasteiger partial charge in [-0.15, -0.1) is 0 Å². The van der Waals surface area contributed by atoms with Crippen LogP contribution in [0.4, 0.5) is 0 Å². The number of amides is 2. The predicted octanol–water partition coefficient (Wildman–Crippen LogP) is -0.0116. The van der Waals surface area contributed by atoms with Crippen LogP contribution in [-0.2, 0) is 4.79 Å². The molecule has 21 heavy (non-hydrogen) atoms. The Balaban J connectivity index is 2.67. The summed E-state index contributed by atoms with van der Waals surface area (Å²) in [5.41, 5.74) is 6.25. The van der Waals surface area contributed by atoms with Crippen molar-refractivity contribution in [2.24, 2.45) is 5.73 Å². The molecular weight excluding hydrogens is 268 g/mol. The Hall–Kier alpha value is -2.39. The molecule has 0 spiro atoms. The zero-order valence-electron chi connectivity index (χ0n) is 12.5. The number of hydrogen-bond acceptors (Lipinski definition) is 4. The quantitative estimate of drug-likeness (QED) is 0.763. The second-order valence-corrected chi connectivity index (χ2v) is 4.82. The molecule has 1 aromatic heterocycles. The van der Waals surface area contributed by atoms with Crippen LogP contribution in [0.5, 0.6) is 0 Å². The lowest BCUT2D eigenvalue weighted by Gasteiger charge is -2.17. The van der Waals surface area contributed by atoms with Gasteiger partial charge in [0, 0.05) is 24.8 Å². The third-order valence-corrected chi connectivity index (χ3v) is 2.49. The van der Waals surface area contributed by atoms with E-state index in [1.54, 1.807) is 19.2 Å². The lowest BCUT2D eigenvalue weighted by atomic mass is 10.2. The molecule has 1 rings (SSSR count). The minimum absolute atomic E-state index is 0.00652. The molecule has 3 N–H and O–H groups in total. The van der Waals surface area contributed by atoms with Gasteiger partial charge in [0.05, 0.1) is 13.1 Å². The van der Waals surface area contributed by atoms with E-state index in [0.29, 0.717) is 5.56 Å². The summed E-state index contributed by atoms with van der Waals surface area (Å²) < 4.78 is 0. The fraction of sp³-hybridized carbons (Fsp3) is 0.400. The van der Waals surface area contributed by atoms with Gasteiger partial charge in [0.25, 0.3) is 5.91 Å². The number of rotatable bonds is 4. The number of likely N-dealkylation sites (N-methyl/N-ethyl adjacent to an activating group) is 1. The maximum Gasteiger partial charge on any atom is 0.272 e. The second kappa shape index (κ2) is 8.02. The molecule has 0 fully saturated rings. The molecule has 2 amide bonds. The molecule has 0 aromatic carbocycles. The average Bonchev–Trinajstić information content (AvgIpc) is 2.43. The van der Waals surface area contributed by atoms with E-state index in [4.69, 9.17) is 5.73 Å². The normalized spacial score (nSPS) is 9.76. The summed E-state index contributed by atoms with van der Waals surface area (Å²) in [6, 6.07) is 3.32. The molecule has 0 unspecified atom stereocenters. The van der Waals surface area contributed by atoms with Crippen molar-refractivity contribution in [1.29, 1.82) is 0 Å². The molecule has 6 nitrogen and oxygen atoms in total. The van der Waals surface area contributed by atoms with E-state index in [1.165, 1.54) is 11.1 Å². The summed E-state index contributed by atoms with van der Waals surface area (Å²) in [5.74, 6) is 5.02. The van der Waals surface area contributed by atoms with Crippen LogP contribution in [0.1, 0.15) is 29.9 Å². The summed E-state index contributed by atoms with van der Waals surface area (Å²) in [5, 5.41) is 2.73. The molecule has 0 aliphatic rings. The van der Waals surface area contributed by atoms with E-state index in [0.717, 1.165) is 0 Å². The van der Waals surface area contributed by atoms with Gasteiger partial charge in [-0.3, -0.25) is 9.59 Å². The average molecular weight is 288 g/mol. The number of nitrogens with one attached hydrogen (secondary N) is 1. The molecule has 0 aliphatic heterocycles. The highest BCUT2D eigenvalue weighted by Gasteiger charge is 2.16. The fourth-order valence-electron chi connectivity index (χ4n) is 1.60. The molecule has 1 aromatic rings. The first-order valence-corrected chi connectivity index (χ1v) is 6.64. The largest absolute Gasteiger partial charge is 0.352 e. The van der Waals surface area contributed by atoms with Crippen molar-refractivity contribution in [2.75, 3.05) is 20.1 Å². The number of nitrogens with zero attached hydrogens (tertiary/aromatic N) is 2. The Bertz CT molecular complexity index is 555. The highest BCUT2D eigenvalue weighted by molar-refractivity contribution is 5.94. The minimum atomic E-state index is -0.313. The number of carbonyl (C=O) groups is 2. The number of hydrogen-bond donors (Lipinski definition) is 2. The zero-order chi connectivity index (χ0) is 15.8. The van der Waals surface area contributed by atoms with Gasteiger partial charge in [-0.25, -0.2) is 4.98 Å². The number of aromatic nitrogens is 1. The third-order valence-electron chi connectivity index (χ3n) is 2.49. The Labute approximate surface area is 124 Å². The van der Waals surface area contributed by atoms with Crippen LogP contribution in [0.2, 0.25) is 0 Å². The first-order chi connectivity index (χ1) is 9.93. The van der Waals surface area contributed by atoms with Crippen molar-refractivity contribution in [3.8, 4) is 11.8 Å². The first kappa shape index (κ1) is 16.7.